The third kappa shape index (κ3) is 1.90. The second kappa shape index (κ2) is 4.19. The van der Waals surface area contributed by atoms with Crippen LogP contribution in [-0.2, 0) is 6.42 Å². The predicted octanol–water partition coefficient (Wildman–Crippen LogP) is 1.91. The number of pyridine rings is 1. The summed E-state index contributed by atoms with van der Waals surface area (Å²) >= 11 is 5.55. The molecule has 0 amide bonds. The molecule has 0 aromatic carbocycles. The number of aryl methyl sites for hydroxylation is 1. The Morgan fingerprint density at radius 3 is 2.79 bits per heavy atom. The lowest BCUT2D eigenvalue weighted by Crippen LogP contribution is -1.86. The Morgan fingerprint density at radius 1 is 1.29 bits per heavy atom. The highest BCUT2D eigenvalue weighted by atomic mass is 35.5. The fraction of sp³-hybridized carbons (Fsp3) is 0.222. The first-order valence-corrected chi connectivity index (χ1v) is 4.72. The van der Waals surface area contributed by atoms with E-state index in [1.807, 2.05) is 12.1 Å². The van der Waals surface area contributed by atoms with Crippen LogP contribution < -0.4 is 0 Å². The van der Waals surface area contributed by atoms with E-state index in [0.29, 0.717) is 24.0 Å². The molecule has 4 nitrogen and oxygen atoms in total. The molecular weight excluding hydrogens is 202 g/mol. The maximum Gasteiger partial charge on any atom is 0.228 e. The van der Waals surface area contributed by atoms with Crippen molar-refractivity contribution in [3.05, 3.63) is 30.4 Å². The second-order valence-electron chi connectivity index (χ2n) is 2.69. The van der Waals surface area contributed by atoms with Gasteiger partial charge in [0.25, 0.3) is 0 Å². The van der Waals surface area contributed by atoms with E-state index >= 15 is 0 Å². The standard InChI is InChI=1S/C9H8ClN3O/c10-4-1-8-12-9(13-14-8)7-2-5-11-6-3-7/h2-3,5-6H,1,4H2. The largest absolute Gasteiger partial charge is 0.339 e. The van der Waals surface area contributed by atoms with E-state index in [-0.39, 0.29) is 0 Å². The van der Waals surface area contributed by atoms with Crippen molar-refractivity contribution in [1.29, 1.82) is 0 Å². The molecule has 2 heterocycles. The highest BCUT2D eigenvalue weighted by molar-refractivity contribution is 6.17. The first-order chi connectivity index (χ1) is 6.90. The summed E-state index contributed by atoms with van der Waals surface area (Å²) in [5, 5.41) is 3.83. The van der Waals surface area contributed by atoms with Crippen LogP contribution in [0, 0.1) is 0 Å². The Balaban J connectivity index is 2.25. The monoisotopic (exact) mass is 209 g/mol. The maximum atomic E-state index is 5.55. The molecular formula is C9H8ClN3O. The van der Waals surface area contributed by atoms with Gasteiger partial charge in [-0.1, -0.05) is 5.16 Å². The summed E-state index contributed by atoms with van der Waals surface area (Å²) in [7, 11) is 0. The van der Waals surface area contributed by atoms with Crippen LogP contribution in [0.2, 0.25) is 0 Å². The van der Waals surface area contributed by atoms with Crippen molar-refractivity contribution in [2.75, 3.05) is 5.88 Å². The molecule has 0 spiro atoms. The summed E-state index contributed by atoms with van der Waals surface area (Å²) in [5.74, 6) is 1.62. The minimum atomic E-state index is 0.484. The third-order valence-corrected chi connectivity index (χ3v) is 1.90. The average molecular weight is 210 g/mol. The van der Waals surface area contributed by atoms with E-state index in [2.05, 4.69) is 15.1 Å². The zero-order chi connectivity index (χ0) is 9.80. The molecule has 72 valence electrons. The van der Waals surface area contributed by atoms with Gasteiger partial charge in [0.2, 0.25) is 11.7 Å². The molecule has 2 rings (SSSR count). The molecule has 0 N–H and O–H groups in total. The molecule has 0 saturated carbocycles. The molecule has 2 aromatic rings. The Hall–Kier alpha value is -1.42. The summed E-state index contributed by atoms with van der Waals surface area (Å²) in [6.45, 7) is 0. The van der Waals surface area contributed by atoms with Crippen molar-refractivity contribution in [2.24, 2.45) is 0 Å². The van der Waals surface area contributed by atoms with Crippen LogP contribution in [0.4, 0.5) is 0 Å². The quantitative estimate of drug-likeness (QED) is 0.725. The number of hydrogen-bond acceptors (Lipinski definition) is 4. The van der Waals surface area contributed by atoms with Crippen LogP contribution in [0.25, 0.3) is 11.4 Å². The zero-order valence-electron chi connectivity index (χ0n) is 7.35. The number of halogens is 1. The van der Waals surface area contributed by atoms with Gasteiger partial charge in [-0.05, 0) is 12.1 Å². The molecule has 0 aliphatic carbocycles. The van der Waals surface area contributed by atoms with Gasteiger partial charge in [0.15, 0.2) is 0 Å². The highest BCUT2D eigenvalue weighted by Gasteiger charge is 2.06. The molecule has 0 radical (unpaired) electrons. The summed E-state index contributed by atoms with van der Waals surface area (Å²) < 4.78 is 4.99. The number of alkyl halides is 1. The lowest BCUT2D eigenvalue weighted by atomic mass is 10.2. The molecule has 0 saturated heterocycles. The van der Waals surface area contributed by atoms with Gasteiger partial charge in [0, 0.05) is 30.3 Å². The first kappa shape index (κ1) is 9.15. The molecule has 2 aromatic heterocycles. The fourth-order valence-electron chi connectivity index (χ4n) is 1.06. The lowest BCUT2D eigenvalue weighted by molar-refractivity contribution is 0.383. The SMILES string of the molecule is ClCCc1nc(-c2ccncc2)no1. The van der Waals surface area contributed by atoms with E-state index in [1.165, 1.54) is 0 Å². The van der Waals surface area contributed by atoms with E-state index < -0.39 is 0 Å². The molecule has 0 bridgehead atoms. The van der Waals surface area contributed by atoms with Crippen molar-refractivity contribution in [3.63, 3.8) is 0 Å². The van der Waals surface area contributed by atoms with Crippen molar-refractivity contribution in [3.8, 4) is 11.4 Å². The van der Waals surface area contributed by atoms with Crippen LogP contribution in [0.5, 0.6) is 0 Å². The van der Waals surface area contributed by atoms with Gasteiger partial charge in [0.1, 0.15) is 0 Å². The summed E-state index contributed by atoms with van der Waals surface area (Å²) in [6.07, 6.45) is 3.97. The van der Waals surface area contributed by atoms with Gasteiger partial charge in [0.05, 0.1) is 0 Å². The Kier molecular flexibility index (Phi) is 2.74. The molecule has 0 fully saturated rings. The predicted molar refractivity (Wildman–Crippen MR) is 52.0 cm³/mol. The topological polar surface area (TPSA) is 51.8 Å². The smallest absolute Gasteiger partial charge is 0.228 e. The van der Waals surface area contributed by atoms with E-state index in [1.54, 1.807) is 12.4 Å². The zero-order valence-corrected chi connectivity index (χ0v) is 8.11. The number of hydrogen-bond donors (Lipinski definition) is 0. The molecule has 0 aliphatic heterocycles. The van der Waals surface area contributed by atoms with Gasteiger partial charge in [-0.2, -0.15) is 4.98 Å². The minimum absolute atomic E-state index is 0.484. The van der Waals surface area contributed by atoms with E-state index in [4.69, 9.17) is 16.1 Å². The van der Waals surface area contributed by atoms with Crippen molar-refractivity contribution >= 4 is 11.6 Å². The average Bonchev–Trinajstić information content (AvgIpc) is 2.68. The molecule has 0 unspecified atom stereocenters. The van der Waals surface area contributed by atoms with Crippen LogP contribution in [-0.4, -0.2) is 21.0 Å². The van der Waals surface area contributed by atoms with E-state index in [9.17, 15) is 0 Å². The normalized spacial score (nSPS) is 10.4. The highest BCUT2D eigenvalue weighted by Crippen LogP contribution is 2.13. The van der Waals surface area contributed by atoms with Crippen LogP contribution in [0.1, 0.15) is 5.89 Å². The molecule has 0 atom stereocenters. The van der Waals surface area contributed by atoms with Crippen molar-refractivity contribution < 1.29 is 4.52 Å². The molecule has 0 aliphatic rings. The van der Waals surface area contributed by atoms with Gasteiger partial charge in [-0.25, -0.2) is 0 Å². The van der Waals surface area contributed by atoms with Crippen molar-refractivity contribution in [2.45, 2.75) is 6.42 Å². The lowest BCUT2D eigenvalue weighted by Gasteiger charge is -1.89. The Morgan fingerprint density at radius 2 is 2.07 bits per heavy atom. The first-order valence-electron chi connectivity index (χ1n) is 4.19. The molecule has 5 heteroatoms. The third-order valence-electron chi connectivity index (χ3n) is 1.71. The Bertz CT molecular complexity index is 401. The van der Waals surface area contributed by atoms with Crippen LogP contribution in [0.15, 0.2) is 29.0 Å². The van der Waals surface area contributed by atoms with Gasteiger partial charge in [-0.3, -0.25) is 4.98 Å². The van der Waals surface area contributed by atoms with Crippen molar-refractivity contribution in [1.82, 2.24) is 15.1 Å². The summed E-state index contributed by atoms with van der Waals surface area (Å²) in [5.41, 5.74) is 0.893. The minimum Gasteiger partial charge on any atom is -0.339 e. The summed E-state index contributed by atoms with van der Waals surface area (Å²) in [6, 6.07) is 3.66. The number of rotatable bonds is 3. The molecule has 14 heavy (non-hydrogen) atoms. The van der Waals surface area contributed by atoms with Gasteiger partial charge in [-0.15, -0.1) is 11.6 Å². The number of aromatic nitrogens is 3. The van der Waals surface area contributed by atoms with Crippen LogP contribution >= 0.6 is 11.6 Å². The van der Waals surface area contributed by atoms with Gasteiger partial charge >= 0.3 is 0 Å². The van der Waals surface area contributed by atoms with Gasteiger partial charge < -0.3 is 4.52 Å². The second-order valence-corrected chi connectivity index (χ2v) is 3.06. The Labute approximate surface area is 85.9 Å². The maximum absolute atomic E-state index is 5.55. The van der Waals surface area contributed by atoms with E-state index in [0.717, 1.165) is 5.56 Å². The number of nitrogens with zero attached hydrogens (tertiary/aromatic N) is 3. The fourth-order valence-corrected chi connectivity index (χ4v) is 1.22. The summed E-state index contributed by atoms with van der Waals surface area (Å²) in [4.78, 5) is 8.09. The van der Waals surface area contributed by atoms with Crippen LogP contribution in [0.3, 0.4) is 0 Å².